The van der Waals surface area contributed by atoms with Crippen LogP contribution in [-0.2, 0) is 0 Å². The van der Waals surface area contributed by atoms with E-state index in [2.05, 4.69) is 5.32 Å². The van der Waals surface area contributed by atoms with E-state index in [1.807, 2.05) is 30.3 Å². The molecule has 5 heteroatoms. The van der Waals surface area contributed by atoms with Gasteiger partial charge in [0.1, 0.15) is 0 Å². The fourth-order valence-electron chi connectivity index (χ4n) is 1.83. The second-order valence-electron chi connectivity index (χ2n) is 4.24. The van der Waals surface area contributed by atoms with Crippen LogP contribution in [-0.4, -0.2) is 17.6 Å². The van der Waals surface area contributed by atoms with Gasteiger partial charge in [0.05, 0.1) is 23.2 Å². The molecule has 2 aromatic carbocycles. The van der Waals surface area contributed by atoms with Gasteiger partial charge in [0.25, 0.3) is 5.91 Å². The van der Waals surface area contributed by atoms with E-state index in [-0.39, 0.29) is 18.1 Å². The first-order valence-electron chi connectivity index (χ1n) is 6.03. The van der Waals surface area contributed by atoms with Crippen LogP contribution < -0.4 is 5.32 Å². The fraction of sp³-hybridized carbons (Fsp3) is 0.133. The van der Waals surface area contributed by atoms with Crippen molar-refractivity contribution in [2.24, 2.45) is 0 Å². The van der Waals surface area contributed by atoms with Gasteiger partial charge < -0.3 is 10.4 Å². The number of aliphatic hydroxyl groups excluding tert-OH is 1. The highest BCUT2D eigenvalue weighted by molar-refractivity contribution is 6.35. The smallest absolute Gasteiger partial charge is 0.253 e. The van der Waals surface area contributed by atoms with Crippen LogP contribution in [0.15, 0.2) is 48.5 Å². The second-order valence-corrected chi connectivity index (χ2v) is 5.09. The molecule has 3 nitrogen and oxygen atoms in total. The monoisotopic (exact) mass is 309 g/mol. The third-order valence-electron chi connectivity index (χ3n) is 2.86. The van der Waals surface area contributed by atoms with Crippen LogP contribution in [0.4, 0.5) is 0 Å². The van der Waals surface area contributed by atoms with E-state index in [9.17, 15) is 9.90 Å². The highest BCUT2D eigenvalue weighted by Gasteiger charge is 2.17. The predicted molar refractivity (Wildman–Crippen MR) is 80.2 cm³/mol. The van der Waals surface area contributed by atoms with E-state index in [1.54, 1.807) is 12.1 Å². The topological polar surface area (TPSA) is 49.3 Å². The van der Waals surface area contributed by atoms with Gasteiger partial charge in [-0.2, -0.15) is 0 Å². The SMILES string of the molecule is O=C(N[C@H](CO)c1ccccc1)c1cc(Cl)ccc1Cl. The largest absolute Gasteiger partial charge is 0.394 e. The Morgan fingerprint density at radius 3 is 2.50 bits per heavy atom. The molecule has 20 heavy (non-hydrogen) atoms. The molecule has 0 aromatic heterocycles. The van der Waals surface area contributed by atoms with Crippen molar-refractivity contribution in [2.75, 3.05) is 6.61 Å². The van der Waals surface area contributed by atoms with Gasteiger partial charge in [0, 0.05) is 5.02 Å². The second kappa shape index (κ2) is 6.75. The van der Waals surface area contributed by atoms with E-state index < -0.39 is 6.04 Å². The molecule has 0 saturated heterocycles. The van der Waals surface area contributed by atoms with Crippen molar-refractivity contribution in [2.45, 2.75) is 6.04 Å². The fourth-order valence-corrected chi connectivity index (χ4v) is 2.20. The Morgan fingerprint density at radius 1 is 1.15 bits per heavy atom. The number of hydrogen-bond acceptors (Lipinski definition) is 2. The molecule has 0 saturated carbocycles. The Kier molecular flexibility index (Phi) is 5.01. The molecule has 0 spiro atoms. The first-order chi connectivity index (χ1) is 9.61. The van der Waals surface area contributed by atoms with E-state index in [1.165, 1.54) is 6.07 Å². The minimum atomic E-state index is -0.487. The van der Waals surface area contributed by atoms with Crippen LogP contribution >= 0.6 is 23.2 Å². The summed E-state index contributed by atoms with van der Waals surface area (Å²) < 4.78 is 0. The summed E-state index contributed by atoms with van der Waals surface area (Å²) in [6.07, 6.45) is 0. The summed E-state index contributed by atoms with van der Waals surface area (Å²) in [5, 5.41) is 12.9. The lowest BCUT2D eigenvalue weighted by atomic mass is 10.1. The highest BCUT2D eigenvalue weighted by Crippen LogP contribution is 2.21. The van der Waals surface area contributed by atoms with Crippen molar-refractivity contribution < 1.29 is 9.90 Å². The number of amides is 1. The van der Waals surface area contributed by atoms with Gasteiger partial charge in [-0.1, -0.05) is 53.5 Å². The molecule has 1 atom stereocenters. The quantitative estimate of drug-likeness (QED) is 0.908. The van der Waals surface area contributed by atoms with Crippen LogP contribution in [0.25, 0.3) is 0 Å². The van der Waals surface area contributed by atoms with E-state index in [0.29, 0.717) is 10.0 Å². The predicted octanol–water partition coefficient (Wildman–Crippen LogP) is 3.46. The standard InChI is InChI=1S/C15H13Cl2NO2/c16-11-6-7-13(17)12(8-11)15(20)18-14(9-19)10-4-2-1-3-5-10/h1-8,14,19H,9H2,(H,18,20)/t14-/m1/s1. The van der Waals surface area contributed by atoms with Gasteiger partial charge in [0.2, 0.25) is 0 Å². The van der Waals surface area contributed by atoms with Gasteiger partial charge in [-0.3, -0.25) is 4.79 Å². The normalized spacial score (nSPS) is 11.9. The summed E-state index contributed by atoms with van der Waals surface area (Å²) in [4.78, 5) is 12.2. The lowest BCUT2D eigenvalue weighted by Gasteiger charge is -2.17. The summed E-state index contributed by atoms with van der Waals surface area (Å²) in [6.45, 7) is -0.200. The highest BCUT2D eigenvalue weighted by atomic mass is 35.5. The van der Waals surface area contributed by atoms with Crippen molar-refractivity contribution in [1.82, 2.24) is 5.32 Å². The molecule has 1 amide bonds. The maximum Gasteiger partial charge on any atom is 0.253 e. The zero-order chi connectivity index (χ0) is 14.5. The average Bonchev–Trinajstić information content (AvgIpc) is 2.48. The Bertz CT molecular complexity index is 602. The molecule has 0 aliphatic rings. The number of carbonyl (C=O) groups excluding carboxylic acids is 1. The molecule has 0 aliphatic carbocycles. The zero-order valence-electron chi connectivity index (χ0n) is 10.5. The number of benzene rings is 2. The summed E-state index contributed by atoms with van der Waals surface area (Å²) in [6, 6.07) is 13.4. The maximum absolute atomic E-state index is 12.2. The number of halogens is 2. The van der Waals surface area contributed by atoms with Crippen LogP contribution in [0.3, 0.4) is 0 Å². The Morgan fingerprint density at radius 2 is 1.85 bits per heavy atom. The van der Waals surface area contributed by atoms with Crippen molar-refractivity contribution in [3.8, 4) is 0 Å². The summed E-state index contributed by atoms with van der Waals surface area (Å²) in [5.41, 5.74) is 1.11. The third kappa shape index (κ3) is 3.51. The molecule has 104 valence electrons. The molecule has 0 radical (unpaired) electrons. The van der Waals surface area contributed by atoms with Gasteiger partial charge in [-0.05, 0) is 23.8 Å². The molecular weight excluding hydrogens is 297 g/mol. The van der Waals surface area contributed by atoms with Crippen LogP contribution in [0.2, 0.25) is 10.0 Å². The van der Waals surface area contributed by atoms with Gasteiger partial charge >= 0.3 is 0 Å². The van der Waals surface area contributed by atoms with E-state index >= 15 is 0 Å². The van der Waals surface area contributed by atoms with Crippen molar-refractivity contribution in [3.63, 3.8) is 0 Å². The Balaban J connectivity index is 2.20. The summed E-state index contributed by atoms with van der Waals surface area (Å²) in [7, 11) is 0. The molecule has 2 rings (SSSR count). The molecule has 2 aromatic rings. The number of rotatable bonds is 4. The lowest BCUT2D eigenvalue weighted by Crippen LogP contribution is -2.30. The summed E-state index contributed by atoms with van der Waals surface area (Å²) >= 11 is 11.8. The van der Waals surface area contributed by atoms with E-state index in [0.717, 1.165) is 5.56 Å². The molecular formula is C15H13Cl2NO2. The van der Waals surface area contributed by atoms with Crippen molar-refractivity contribution in [1.29, 1.82) is 0 Å². The van der Waals surface area contributed by atoms with Gasteiger partial charge in [-0.25, -0.2) is 0 Å². The number of hydrogen-bond donors (Lipinski definition) is 2. The number of aliphatic hydroxyl groups is 1. The average molecular weight is 310 g/mol. The van der Waals surface area contributed by atoms with Crippen molar-refractivity contribution in [3.05, 3.63) is 69.7 Å². The number of nitrogens with one attached hydrogen (secondary N) is 1. The van der Waals surface area contributed by atoms with Gasteiger partial charge in [-0.15, -0.1) is 0 Å². The first kappa shape index (κ1) is 14.9. The van der Waals surface area contributed by atoms with Crippen LogP contribution in [0.1, 0.15) is 22.0 Å². The lowest BCUT2D eigenvalue weighted by molar-refractivity contribution is 0.0916. The maximum atomic E-state index is 12.2. The van der Waals surface area contributed by atoms with Crippen molar-refractivity contribution >= 4 is 29.1 Å². The Labute approximate surface area is 127 Å². The summed E-state index contributed by atoms with van der Waals surface area (Å²) in [5.74, 6) is -0.375. The molecule has 0 bridgehead atoms. The molecule has 0 unspecified atom stereocenters. The van der Waals surface area contributed by atoms with Crippen LogP contribution in [0.5, 0.6) is 0 Å². The zero-order valence-corrected chi connectivity index (χ0v) is 12.0. The Hall–Kier alpha value is -1.55. The van der Waals surface area contributed by atoms with Crippen LogP contribution in [0, 0.1) is 0 Å². The van der Waals surface area contributed by atoms with E-state index in [4.69, 9.17) is 23.2 Å². The minimum absolute atomic E-state index is 0.200. The van der Waals surface area contributed by atoms with Gasteiger partial charge in [0.15, 0.2) is 0 Å². The number of carbonyl (C=O) groups is 1. The molecule has 0 fully saturated rings. The molecule has 2 N–H and O–H groups in total. The minimum Gasteiger partial charge on any atom is -0.394 e. The third-order valence-corrected chi connectivity index (χ3v) is 3.43. The first-order valence-corrected chi connectivity index (χ1v) is 6.79. The molecule has 0 heterocycles. The molecule has 0 aliphatic heterocycles.